The predicted molar refractivity (Wildman–Crippen MR) is 101 cm³/mol. The summed E-state index contributed by atoms with van der Waals surface area (Å²) in [7, 11) is 3.92. The van der Waals surface area contributed by atoms with Gasteiger partial charge in [-0.3, -0.25) is 0 Å². The fraction of sp³-hybridized carbons (Fsp3) is 0.125. The number of benzene rings is 1. The molecular weight excluding hydrogens is 358 g/mol. The molecule has 0 aliphatic carbocycles. The van der Waals surface area contributed by atoms with E-state index < -0.39 is 0 Å². The molecule has 3 heterocycles. The maximum atomic E-state index is 4.45. The van der Waals surface area contributed by atoms with Gasteiger partial charge in [0.25, 0.3) is 0 Å². The van der Waals surface area contributed by atoms with E-state index in [0.29, 0.717) is 0 Å². The highest BCUT2D eigenvalue weighted by Crippen LogP contribution is 2.39. The second-order valence-electron chi connectivity index (χ2n) is 5.22. The highest BCUT2D eigenvalue weighted by atomic mass is 32.2. The first kappa shape index (κ1) is 15.5. The third kappa shape index (κ3) is 3.00. The smallest absolute Gasteiger partial charge is 0.208 e. The molecule has 8 heteroatoms. The minimum atomic E-state index is 0.881. The van der Waals surface area contributed by atoms with E-state index in [-0.39, 0.29) is 0 Å². The lowest BCUT2D eigenvalue weighted by molar-refractivity contribution is 0.970. The number of fused-ring (bicyclic) bond motifs is 1. The molecule has 3 aromatic heterocycles. The van der Waals surface area contributed by atoms with Gasteiger partial charge in [0.2, 0.25) is 5.13 Å². The van der Waals surface area contributed by atoms with E-state index in [2.05, 4.69) is 38.4 Å². The summed E-state index contributed by atoms with van der Waals surface area (Å²) in [5.41, 5.74) is 1.20. The van der Waals surface area contributed by atoms with Crippen LogP contribution in [0.25, 0.3) is 20.7 Å². The number of thiophene rings is 1. The fourth-order valence-corrected chi connectivity index (χ4v) is 4.98. The van der Waals surface area contributed by atoms with Gasteiger partial charge in [-0.15, -0.1) is 21.5 Å². The van der Waals surface area contributed by atoms with Crippen LogP contribution >= 0.6 is 34.4 Å². The fourth-order valence-electron chi connectivity index (χ4n) is 2.17. The molecule has 0 aliphatic heterocycles. The topological polar surface area (TPSA) is 54.8 Å². The first-order chi connectivity index (χ1) is 11.7. The lowest BCUT2D eigenvalue weighted by Gasteiger charge is -2.03. The van der Waals surface area contributed by atoms with Crippen molar-refractivity contribution in [2.45, 2.75) is 9.37 Å². The second-order valence-corrected chi connectivity index (χ2v) is 8.44. The number of hydrogen-bond acceptors (Lipinski definition) is 8. The van der Waals surface area contributed by atoms with E-state index in [9.17, 15) is 0 Å². The molecule has 120 valence electrons. The molecule has 1 aromatic carbocycles. The summed E-state index contributed by atoms with van der Waals surface area (Å²) < 4.78 is 0.881. The molecule has 0 saturated heterocycles. The molecule has 4 aromatic rings. The third-order valence-electron chi connectivity index (χ3n) is 3.31. The van der Waals surface area contributed by atoms with Gasteiger partial charge in [-0.2, -0.15) is 0 Å². The third-order valence-corrected chi connectivity index (χ3v) is 6.57. The molecule has 0 unspecified atom stereocenters. The van der Waals surface area contributed by atoms with E-state index in [0.717, 1.165) is 24.7 Å². The van der Waals surface area contributed by atoms with Gasteiger partial charge in [0.15, 0.2) is 4.34 Å². The molecule has 0 atom stereocenters. The molecule has 0 amide bonds. The van der Waals surface area contributed by atoms with Crippen molar-refractivity contribution < 1.29 is 0 Å². The zero-order valence-corrected chi connectivity index (χ0v) is 15.5. The zero-order chi connectivity index (χ0) is 16.5. The minimum absolute atomic E-state index is 0.881. The Balaban J connectivity index is 1.71. The Morgan fingerprint density at radius 2 is 1.83 bits per heavy atom. The molecule has 0 saturated carbocycles. The Kier molecular flexibility index (Phi) is 4.17. The van der Waals surface area contributed by atoms with E-state index in [1.54, 1.807) is 29.0 Å². The molecule has 0 bridgehead atoms. The average molecular weight is 372 g/mol. The molecule has 0 radical (unpaired) electrons. The van der Waals surface area contributed by atoms with Gasteiger partial charge in [0.1, 0.15) is 16.2 Å². The van der Waals surface area contributed by atoms with Crippen LogP contribution in [0.2, 0.25) is 0 Å². The van der Waals surface area contributed by atoms with Crippen molar-refractivity contribution >= 4 is 49.8 Å². The van der Waals surface area contributed by atoms with Crippen molar-refractivity contribution in [3.63, 3.8) is 0 Å². The summed E-state index contributed by atoms with van der Waals surface area (Å²) in [4.78, 5) is 13.0. The monoisotopic (exact) mass is 371 g/mol. The van der Waals surface area contributed by atoms with Gasteiger partial charge in [-0.05, 0) is 23.4 Å². The summed E-state index contributed by atoms with van der Waals surface area (Å²) in [6, 6.07) is 12.5. The normalized spacial score (nSPS) is 11.1. The van der Waals surface area contributed by atoms with Crippen LogP contribution in [0.5, 0.6) is 0 Å². The maximum absolute atomic E-state index is 4.45. The number of hydrogen-bond donors (Lipinski definition) is 0. The number of nitrogens with zero attached hydrogens (tertiary/aromatic N) is 5. The Bertz CT molecular complexity index is 978. The molecule has 5 nitrogen and oxygen atoms in total. The first-order valence-corrected chi connectivity index (χ1v) is 9.64. The Morgan fingerprint density at radius 3 is 2.58 bits per heavy atom. The Hall–Kier alpha value is -2.03. The van der Waals surface area contributed by atoms with Gasteiger partial charge >= 0.3 is 0 Å². The quantitative estimate of drug-likeness (QED) is 0.495. The minimum Gasteiger partial charge on any atom is -0.353 e. The highest BCUT2D eigenvalue weighted by molar-refractivity contribution is 8.01. The molecule has 0 fully saturated rings. The lowest BCUT2D eigenvalue weighted by Crippen LogP contribution is -2.07. The van der Waals surface area contributed by atoms with Gasteiger partial charge in [-0.1, -0.05) is 41.7 Å². The molecule has 0 spiro atoms. The van der Waals surface area contributed by atoms with Crippen molar-refractivity contribution in [1.82, 2.24) is 20.2 Å². The van der Waals surface area contributed by atoms with Crippen LogP contribution in [-0.2, 0) is 0 Å². The van der Waals surface area contributed by atoms with Crippen LogP contribution < -0.4 is 4.90 Å². The molecular formula is C16H13N5S3. The largest absolute Gasteiger partial charge is 0.353 e. The number of anilines is 1. The molecule has 4 rings (SSSR count). The van der Waals surface area contributed by atoms with E-state index in [1.807, 2.05) is 37.2 Å². The standard InChI is InChI=1S/C16H13N5S3/c1-21(2)15-19-20-16(24-15)23-14-11-8-12(10-6-4-3-5-7-10)22-13(11)17-9-18-14/h3-9H,1-2H3. The van der Waals surface area contributed by atoms with Crippen LogP contribution in [-0.4, -0.2) is 34.3 Å². The van der Waals surface area contributed by atoms with Gasteiger partial charge in [0, 0.05) is 24.4 Å². The Morgan fingerprint density at radius 1 is 1.00 bits per heavy atom. The first-order valence-electron chi connectivity index (χ1n) is 7.19. The van der Waals surface area contributed by atoms with E-state index in [1.165, 1.54) is 22.2 Å². The number of rotatable bonds is 4. The van der Waals surface area contributed by atoms with Crippen LogP contribution in [0.1, 0.15) is 0 Å². The molecule has 0 aliphatic rings. The second kappa shape index (κ2) is 6.46. The van der Waals surface area contributed by atoms with Crippen LogP contribution in [0.15, 0.2) is 52.1 Å². The average Bonchev–Trinajstić information content (AvgIpc) is 3.23. The lowest BCUT2D eigenvalue weighted by atomic mass is 10.2. The van der Waals surface area contributed by atoms with E-state index in [4.69, 9.17) is 0 Å². The summed E-state index contributed by atoms with van der Waals surface area (Å²) in [5.74, 6) is 0. The highest BCUT2D eigenvalue weighted by Gasteiger charge is 2.14. The maximum Gasteiger partial charge on any atom is 0.208 e. The van der Waals surface area contributed by atoms with Crippen molar-refractivity contribution in [1.29, 1.82) is 0 Å². The van der Waals surface area contributed by atoms with Crippen LogP contribution in [0.3, 0.4) is 0 Å². The SMILES string of the molecule is CN(C)c1nnc(Sc2ncnc3sc(-c4ccccc4)cc23)s1. The van der Waals surface area contributed by atoms with Crippen molar-refractivity contribution in [2.75, 3.05) is 19.0 Å². The summed E-state index contributed by atoms with van der Waals surface area (Å²) in [6.07, 6.45) is 1.61. The zero-order valence-electron chi connectivity index (χ0n) is 13.0. The van der Waals surface area contributed by atoms with Crippen molar-refractivity contribution in [3.8, 4) is 10.4 Å². The van der Waals surface area contributed by atoms with E-state index >= 15 is 0 Å². The van der Waals surface area contributed by atoms with Crippen molar-refractivity contribution in [2.24, 2.45) is 0 Å². The van der Waals surface area contributed by atoms with Crippen molar-refractivity contribution in [3.05, 3.63) is 42.7 Å². The molecule has 24 heavy (non-hydrogen) atoms. The van der Waals surface area contributed by atoms with Gasteiger partial charge < -0.3 is 4.90 Å². The molecule has 0 N–H and O–H groups in total. The predicted octanol–water partition coefficient (Wildman–Crippen LogP) is 4.43. The summed E-state index contributed by atoms with van der Waals surface area (Å²) in [5, 5.41) is 11.3. The Labute approximate surface area is 151 Å². The number of aromatic nitrogens is 4. The van der Waals surface area contributed by atoms with Crippen LogP contribution in [0.4, 0.5) is 5.13 Å². The van der Waals surface area contributed by atoms with Gasteiger partial charge in [0.05, 0.1) is 0 Å². The van der Waals surface area contributed by atoms with Gasteiger partial charge in [-0.25, -0.2) is 9.97 Å². The summed E-state index contributed by atoms with van der Waals surface area (Å²) >= 11 is 4.77. The summed E-state index contributed by atoms with van der Waals surface area (Å²) in [6.45, 7) is 0. The van der Waals surface area contributed by atoms with Crippen LogP contribution in [0, 0.1) is 0 Å².